The van der Waals surface area contributed by atoms with Crippen molar-refractivity contribution in [3.63, 3.8) is 0 Å². The Morgan fingerprint density at radius 2 is 1.74 bits per heavy atom. The molecule has 0 radical (unpaired) electrons. The molecular weight excluding hydrogens is 536 g/mol. The number of aliphatic imine (C=N–C) groups is 1. The van der Waals surface area contributed by atoms with Gasteiger partial charge in [0.1, 0.15) is 16.7 Å². The van der Waals surface area contributed by atoms with Gasteiger partial charge in [-0.3, -0.25) is 9.59 Å². The molecule has 2 heterocycles. The van der Waals surface area contributed by atoms with Gasteiger partial charge in [0.2, 0.25) is 5.91 Å². The van der Waals surface area contributed by atoms with Crippen molar-refractivity contribution in [2.75, 3.05) is 19.0 Å². The number of carbonyl (C=O) groups is 2. The number of thioether (sulfide) groups is 1. The number of nitrogens with one attached hydrogen (secondary N) is 1. The maximum absolute atomic E-state index is 12.8. The molecule has 39 heavy (non-hydrogen) atoms. The van der Waals surface area contributed by atoms with Crippen LogP contribution in [0.3, 0.4) is 0 Å². The number of anilines is 1. The molecule has 2 aliphatic heterocycles. The van der Waals surface area contributed by atoms with E-state index < -0.39 is 5.25 Å². The van der Waals surface area contributed by atoms with E-state index in [9.17, 15) is 9.59 Å². The van der Waals surface area contributed by atoms with Crippen molar-refractivity contribution >= 4 is 51.7 Å². The van der Waals surface area contributed by atoms with E-state index in [1.165, 1.54) is 11.8 Å². The molecule has 0 bridgehead atoms. The molecule has 3 aromatic carbocycles. The van der Waals surface area contributed by atoms with Gasteiger partial charge in [-0.2, -0.15) is 10.1 Å². The number of nitrogens with zero attached hydrogens (tertiary/aromatic N) is 3. The Balaban J connectivity index is 1.31. The summed E-state index contributed by atoms with van der Waals surface area (Å²) in [5.41, 5.74) is 3.46. The first-order valence-corrected chi connectivity index (χ1v) is 13.8. The van der Waals surface area contributed by atoms with Crippen LogP contribution in [-0.2, 0) is 9.59 Å². The van der Waals surface area contributed by atoms with Crippen LogP contribution in [0, 0.1) is 0 Å². The normalized spacial score (nSPS) is 18.5. The molecule has 3 aromatic rings. The van der Waals surface area contributed by atoms with Gasteiger partial charge in [0.05, 0.1) is 25.5 Å². The van der Waals surface area contributed by atoms with Crippen LogP contribution in [0.15, 0.2) is 82.9 Å². The molecule has 0 fully saturated rings. The maximum atomic E-state index is 12.8. The molecular formula is C29H27ClN4O4S. The number of benzene rings is 3. The molecule has 2 aliphatic rings. The Morgan fingerprint density at radius 1 is 1.05 bits per heavy atom. The molecule has 2 atom stereocenters. The molecule has 8 nitrogen and oxygen atoms in total. The van der Waals surface area contributed by atoms with E-state index in [2.05, 4.69) is 10.3 Å². The number of hydrazone groups is 1. The van der Waals surface area contributed by atoms with Gasteiger partial charge in [0.15, 0.2) is 5.17 Å². The van der Waals surface area contributed by atoms with Crippen molar-refractivity contribution in [3.05, 3.63) is 88.9 Å². The van der Waals surface area contributed by atoms with Crippen LogP contribution < -0.4 is 14.8 Å². The first kappa shape index (κ1) is 26.8. The lowest BCUT2D eigenvalue weighted by molar-refractivity contribution is -0.121. The summed E-state index contributed by atoms with van der Waals surface area (Å²) in [5, 5.41) is 9.99. The quantitative estimate of drug-likeness (QED) is 0.366. The lowest BCUT2D eigenvalue weighted by Crippen LogP contribution is -2.25. The zero-order valence-electron chi connectivity index (χ0n) is 21.5. The Labute approximate surface area is 236 Å². The highest BCUT2D eigenvalue weighted by Crippen LogP contribution is 2.39. The van der Waals surface area contributed by atoms with Crippen molar-refractivity contribution in [1.29, 1.82) is 0 Å². The summed E-state index contributed by atoms with van der Waals surface area (Å²) in [7, 11) is 1.63. The SMILES string of the molecule is CCOc1ccc(NC(=O)C[C@H]2SC(N3N=C(c4ccc(OC)cc4)C[C@H]3c3ccc(Cl)cc3)=NC2=O)cc1. The van der Waals surface area contributed by atoms with E-state index in [-0.39, 0.29) is 24.3 Å². The molecule has 1 N–H and O–H groups in total. The molecule has 0 saturated heterocycles. The highest BCUT2D eigenvalue weighted by molar-refractivity contribution is 8.15. The molecule has 0 spiro atoms. The van der Waals surface area contributed by atoms with E-state index >= 15 is 0 Å². The number of methoxy groups -OCH3 is 1. The van der Waals surface area contributed by atoms with Gasteiger partial charge >= 0.3 is 0 Å². The fourth-order valence-corrected chi connectivity index (χ4v) is 5.56. The van der Waals surface area contributed by atoms with Gasteiger partial charge in [-0.05, 0) is 78.7 Å². The Hall–Kier alpha value is -3.82. The Kier molecular flexibility index (Phi) is 8.18. The van der Waals surface area contributed by atoms with Crippen molar-refractivity contribution in [2.24, 2.45) is 10.1 Å². The highest BCUT2D eigenvalue weighted by Gasteiger charge is 2.39. The Bertz CT molecular complexity index is 1410. The van der Waals surface area contributed by atoms with Gasteiger partial charge in [-0.1, -0.05) is 35.5 Å². The molecule has 2 amide bonds. The summed E-state index contributed by atoms with van der Waals surface area (Å²) in [4.78, 5) is 29.9. The van der Waals surface area contributed by atoms with E-state index in [0.29, 0.717) is 28.9 Å². The molecule has 0 aliphatic carbocycles. The van der Waals surface area contributed by atoms with Gasteiger partial charge in [0, 0.05) is 23.6 Å². The van der Waals surface area contributed by atoms with Crippen molar-refractivity contribution in [2.45, 2.75) is 31.1 Å². The monoisotopic (exact) mass is 562 g/mol. The minimum Gasteiger partial charge on any atom is -0.497 e. The zero-order valence-corrected chi connectivity index (χ0v) is 23.0. The summed E-state index contributed by atoms with van der Waals surface area (Å²) in [6, 6.07) is 22.2. The topological polar surface area (TPSA) is 92.6 Å². The molecule has 5 rings (SSSR count). The van der Waals surface area contributed by atoms with Gasteiger partial charge in [0.25, 0.3) is 5.91 Å². The largest absolute Gasteiger partial charge is 0.497 e. The molecule has 200 valence electrons. The summed E-state index contributed by atoms with van der Waals surface area (Å²) in [6.07, 6.45) is 0.614. The first-order chi connectivity index (χ1) is 18.9. The van der Waals surface area contributed by atoms with Crippen LogP contribution >= 0.6 is 23.4 Å². The Morgan fingerprint density at radius 3 is 2.41 bits per heavy atom. The number of hydrogen-bond acceptors (Lipinski definition) is 7. The summed E-state index contributed by atoms with van der Waals surface area (Å²) < 4.78 is 10.7. The predicted octanol–water partition coefficient (Wildman–Crippen LogP) is 5.93. The third-order valence-electron chi connectivity index (χ3n) is 6.33. The van der Waals surface area contributed by atoms with Gasteiger partial charge in [-0.25, -0.2) is 5.01 Å². The number of amides is 2. The number of hydrogen-bond donors (Lipinski definition) is 1. The second kappa shape index (κ2) is 11.9. The van der Waals surface area contributed by atoms with E-state index in [1.54, 1.807) is 36.4 Å². The number of halogens is 1. The van der Waals surface area contributed by atoms with Crippen LogP contribution in [-0.4, -0.2) is 46.7 Å². The standard InChI is InChI=1S/C29H27ClN4O4S/c1-3-38-23-14-10-21(11-15-23)31-27(35)17-26-28(36)32-29(39-26)34-25(19-4-8-20(30)9-5-19)16-24(33-34)18-6-12-22(37-2)13-7-18/h4-15,25-26H,3,16-17H2,1-2H3,(H,31,35)/t25-,26+/m0/s1. The van der Waals surface area contributed by atoms with Crippen molar-refractivity contribution < 1.29 is 19.1 Å². The molecule has 0 aromatic heterocycles. The van der Waals surface area contributed by atoms with Crippen LogP contribution in [0.5, 0.6) is 11.5 Å². The van der Waals surface area contributed by atoms with Crippen LogP contribution in [0.2, 0.25) is 5.02 Å². The number of carbonyl (C=O) groups excluding carboxylic acids is 2. The maximum Gasteiger partial charge on any atom is 0.262 e. The minimum atomic E-state index is -0.631. The summed E-state index contributed by atoms with van der Waals surface area (Å²) in [6.45, 7) is 2.48. The van der Waals surface area contributed by atoms with E-state index in [1.807, 2.05) is 55.5 Å². The smallest absolute Gasteiger partial charge is 0.262 e. The second-order valence-corrected chi connectivity index (χ2v) is 10.5. The molecule has 10 heteroatoms. The number of ether oxygens (including phenoxy) is 2. The molecule has 0 unspecified atom stereocenters. The minimum absolute atomic E-state index is 0.00177. The van der Waals surface area contributed by atoms with E-state index in [0.717, 1.165) is 28.3 Å². The average Bonchev–Trinajstić information content (AvgIpc) is 3.54. The van der Waals surface area contributed by atoms with Crippen molar-refractivity contribution in [1.82, 2.24) is 5.01 Å². The predicted molar refractivity (Wildman–Crippen MR) is 155 cm³/mol. The lowest BCUT2D eigenvalue weighted by Gasteiger charge is -2.23. The average molecular weight is 563 g/mol. The fraction of sp³-hybridized carbons (Fsp3) is 0.241. The van der Waals surface area contributed by atoms with Gasteiger partial charge < -0.3 is 14.8 Å². The zero-order chi connectivity index (χ0) is 27.4. The summed E-state index contributed by atoms with van der Waals surface area (Å²) >= 11 is 7.39. The second-order valence-electron chi connectivity index (χ2n) is 8.94. The lowest BCUT2D eigenvalue weighted by atomic mass is 9.98. The number of rotatable bonds is 8. The third-order valence-corrected chi connectivity index (χ3v) is 7.73. The first-order valence-electron chi connectivity index (χ1n) is 12.5. The number of amidine groups is 1. The summed E-state index contributed by atoms with van der Waals surface area (Å²) in [5.74, 6) is 0.876. The van der Waals surface area contributed by atoms with Gasteiger partial charge in [-0.15, -0.1) is 0 Å². The highest BCUT2D eigenvalue weighted by atomic mass is 35.5. The molecule has 0 saturated carbocycles. The van der Waals surface area contributed by atoms with Crippen molar-refractivity contribution in [3.8, 4) is 11.5 Å². The van der Waals surface area contributed by atoms with Crippen LogP contribution in [0.25, 0.3) is 0 Å². The van der Waals surface area contributed by atoms with E-state index in [4.69, 9.17) is 26.2 Å². The third kappa shape index (κ3) is 6.26. The van der Waals surface area contributed by atoms with Crippen LogP contribution in [0.4, 0.5) is 5.69 Å². The fourth-order valence-electron chi connectivity index (χ4n) is 4.38. The van der Waals surface area contributed by atoms with Crippen LogP contribution in [0.1, 0.15) is 36.9 Å².